The monoisotopic (exact) mass is 362 g/mol. The zero-order chi connectivity index (χ0) is 19.1. The van der Waals surface area contributed by atoms with Crippen LogP contribution in [0, 0.1) is 11.8 Å². The minimum absolute atomic E-state index is 0.00462. The van der Waals surface area contributed by atoms with Gasteiger partial charge in [-0.25, -0.2) is 0 Å². The highest BCUT2D eigenvalue weighted by Crippen LogP contribution is 2.28. The molecule has 0 aliphatic heterocycles. The summed E-state index contributed by atoms with van der Waals surface area (Å²) in [6.45, 7) is 4.39. The van der Waals surface area contributed by atoms with Crippen molar-refractivity contribution in [3.8, 4) is 11.5 Å². The van der Waals surface area contributed by atoms with Gasteiger partial charge in [0.15, 0.2) is 11.5 Å². The van der Waals surface area contributed by atoms with Crippen LogP contribution in [0.3, 0.4) is 0 Å². The molecule has 1 atom stereocenters. The van der Waals surface area contributed by atoms with E-state index in [0.29, 0.717) is 24.5 Å². The Morgan fingerprint density at radius 1 is 1.15 bits per heavy atom. The van der Waals surface area contributed by atoms with Crippen molar-refractivity contribution in [2.45, 2.75) is 45.6 Å². The number of benzene rings is 1. The second-order valence-corrected chi connectivity index (χ2v) is 7.09. The average Bonchev–Trinajstić information content (AvgIpc) is 2.57. The topological polar surface area (TPSA) is 76.7 Å². The summed E-state index contributed by atoms with van der Waals surface area (Å²) >= 11 is 0. The Hall–Kier alpha value is -2.24. The van der Waals surface area contributed by atoms with Crippen molar-refractivity contribution in [1.29, 1.82) is 0 Å². The van der Waals surface area contributed by atoms with E-state index in [4.69, 9.17) is 9.47 Å². The van der Waals surface area contributed by atoms with E-state index in [1.165, 1.54) is 0 Å². The molecule has 6 heteroatoms. The average molecular weight is 362 g/mol. The maximum Gasteiger partial charge on any atom is 0.242 e. The van der Waals surface area contributed by atoms with Gasteiger partial charge >= 0.3 is 0 Å². The number of hydrogen-bond donors (Lipinski definition) is 2. The molecule has 0 heterocycles. The van der Waals surface area contributed by atoms with Crippen LogP contribution >= 0.6 is 0 Å². The minimum Gasteiger partial charge on any atom is -0.493 e. The number of methoxy groups -OCH3 is 2. The smallest absolute Gasteiger partial charge is 0.242 e. The Morgan fingerprint density at radius 2 is 1.85 bits per heavy atom. The molecule has 1 saturated carbocycles. The number of amides is 2. The van der Waals surface area contributed by atoms with E-state index in [0.717, 1.165) is 24.8 Å². The normalized spacial score (nSPS) is 15.1. The molecule has 0 aromatic heterocycles. The summed E-state index contributed by atoms with van der Waals surface area (Å²) in [5, 5.41) is 5.85. The Balaban J connectivity index is 1.86. The Kier molecular flexibility index (Phi) is 7.30. The molecule has 1 aromatic carbocycles. The van der Waals surface area contributed by atoms with Crippen molar-refractivity contribution in [2.24, 2.45) is 11.8 Å². The summed E-state index contributed by atoms with van der Waals surface area (Å²) < 4.78 is 10.5. The first-order chi connectivity index (χ1) is 12.5. The fourth-order valence-electron chi connectivity index (χ4n) is 2.95. The lowest BCUT2D eigenvalue weighted by atomic mass is 9.84. The highest BCUT2D eigenvalue weighted by Gasteiger charge is 2.30. The van der Waals surface area contributed by atoms with Gasteiger partial charge in [-0.1, -0.05) is 26.3 Å². The van der Waals surface area contributed by atoms with Crippen LogP contribution in [0.4, 0.5) is 0 Å². The zero-order valence-electron chi connectivity index (χ0n) is 16.1. The number of ether oxygens (including phenoxy) is 2. The third-order valence-corrected chi connectivity index (χ3v) is 4.88. The third-order valence-electron chi connectivity index (χ3n) is 4.88. The maximum atomic E-state index is 12.5. The predicted molar refractivity (Wildman–Crippen MR) is 100 cm³/mol. The molecule has 144 valence electrons. The summed E-state index contributed by atoms with van der Waals surface area (Å²) in [4.78, 5) is 24.6. The summed E-state index contributed by atoms with van der Waals surface area (Å²) in [7, 11) is 3.20. The lowest BCUT2D eigenvalue weighted by molar-refractivity contribution is -0.133. The van der Waals surface area contributed by atoms with Gasteiger partial charge in [-0.15, -0.1) is 0 Å². The maximum absolute atomic E-state index is 12.5. The van der Waals surface area contributed by atoms with Gasteiger partial charge in [0.1, 0.15) is 6.04 Å². The van der Waals surface area contributed by atoms with Crippen LogP contribution in [0.15, 0.2) is 18.2 Å². The number of nitrogens with one attached hydrogen (secondary N) is 2. The lowest BCUT2D eigenvalue weighted by Gasteiger charge is -2.28. The van der Waals surface area contributed by atoms with Crippen molar-refractivity contribution < 1.29 is 19.1 Å². The minimum atomic E-state index is -0.492. The van der Waals surface area contributed by atoms with Crippen LogP contribution in [0.1, 0.15) is 38.7 Å². The first-order valence-corrected chi connectivity index (χ1v) is 9.25. The van der Waals surface area contributed by atoms with Gasteiger partial charge in [-0.3, -0.25) is 9.59 Å². The second kappa shape index (κ2) is 9.46. The Bertz CT molecular complexity index is 626. The molecule has 0 radical (unpaired) electrons. The van der Waals surface area contributed by atoms with Gasteiger partial charge in [-0.05, 0) is 42.9 Å². The standard InChI is InChI=1S/C20H30N2O4/c1-13(2)18(22-19(23)15-6-5-7-15)20(24)21-11-10-14-8-9-16(25-3)17(12-14)26-4/h8-9,12-13,15,18H,5-7,10-11H2,1-4H3,(H,21,24)(H,22,23). The molecule has 6 nitrogen and oxygen atoms in total. The third kappa shape index (κ3) is 5.13. The molecule has 0 bridgehead atoms. The molecular formula is C20H30N2O4. The first kappa shape index (κ1) is 20.1. The lowest BCUT2D eigenvalue weighted by Crippen LogP contribution is -2.52. The van der Waals surface area contributed by atoms with Crippen molar-refractivity contribution >= 4 is 11.8 Å². The highest BCUT2D eigenvalue weighted by atomic mass is 16.5. The summed E-state index contributed by atoms with van der Waals surface area (Å²) in [6.07, 6.45) is 3.63. The largest absolute Gasteiger partial charge is 0.493 e. The van der Waals surface area contributed by atoms with Crippen LogP contribution in [-0.4, -0.2) is 38.6 Å². The number of carbonyl (C=O) groups is 2. The van der Waals surface area contributed by atoms with Crippen molar-refractivity contribution in [1.82, 2.24) is 10.6 Å². The molecule has 2 N–H and O–H groups in total. The van der Waals surface area contributed by atoms with Gasteiger partial charge < -0.3 is 20.1 Å². The number of carbonyl (C=O) groups excluding carboxylic acids is 2. The van der Waals surface area contributed by atoms with Crippen LogP contribution in [0.5, 0.6) is 11.5 Å². The molecule has 2 amide bonds. The molecule has 1 aliphatic rings. The second-order valence-electron chi connectivity index (χ2n) is 7.09. The van der Waals surface area contributed by atoms with Crippen LogP contribution in [0.25, 0.3) is 0 Å². The fourth-order valence-corrected chi connectivity index (χ4v) is 2.95. The van der Waals surface area contributed by atoms with E-state index in [9.17, 15) is 9.59 Å². The molecule has 0 saturated heterocycles. The van der Waals surface area contributed by atoms with Gasteiger partial charge in [-0.2, -0.15) is 0 Å². The molecule has 26 heavy (non-hydrogen) atoms. The molecule has 1 aliphatic carbocycles. The number of rotatable bonds is 9. The van der Waals surface area contributed by atoms with E-state index >= 15 is 0 Å². The Labute approximate surface area is 155 Å². The van der Waals surface area contributed by atoms with Gasteiger partial charge in [0.25, 0.3) is 0 Å². The van der Waals surface area contributed by atoms with Gasteiger partial charge in [0.2, 0.25) is 11.8 Å². The van der Waals surface area contributed by atoms with E-state index in [-0.39, 0.29) is 23.7 Å². The van der Waals surface area contributed by atoms with Crippen LogP contribution < -0.4 is 20.1 Å². The van der Waals surface area contributed by atoms with Gasteiger partial charge in [0, 0.05) is 12.5 Å². The quantitative estimate of drug-likeness (QED) is 0.707. The molecule has 1 aromatic rings. The molecule has 1 fully saturated rings. The van der Waals surface area contributed by atoms with Crippen molar-refractivity contribution in [2.75, 3.05) is 20.8 Å². The summed E-state index contributed by atoms with van der Waals surface area (Å²) in [6, 6.07) is 5.22. The summed E-state index contributed by atoms with van der Waals surface area (Å²) in [5.41, 5.74) is 1.04. The van der Waals surface area contributed by atoms with E-state index in [1.54, 1.807) is 14.2 Å². The molecule has 1 unspecified atom stereocenters. The summed E-state index contributed by atoms with van der Waals surface area (Å²) in [5.74, 6) is 1.34. The first-order valence-electron chi connectivity index (χ1n) is 9.25. The highest BCUT2D eigenvalue weighted by molar-refractivity contribution is 5.88. The van der Waals surface area contributed by atoms with Crippen LogP contribution in [0.2, 0.25) is 0 Å². The zero-order valence-corrected chi connectivity index (χ0v) is 16.1. The fraction of sp³-hybridized carbons (Fsp3) is 0.600. The van der Waals surface area contributed by atoms with Gasteiger partial charge in [0.05, 0.1) is 14.2 Å². The molecule has 2 rings (SSSR count). The van der Waals surface area contributed by atoms with Crippen molar-refractivity contribution in [3.05, 3.63) is 23.8 Å². The molecular weight excluding hydrogens is 332 g/mol. The predicted octanol–water partition coefficient (Wildman–Crippen LogP) is 2.30. The van der Waals surface area contributed by atoms with Crippen LogP contribution in [-0.2, 0) is 16.0 Å². The van der Waals surface area contributed by atoms with E-state index in [1.807, 2.05) is 32.0 Å². The Morgan fingerprint density at radius 3 is 2.38 bits per heavy atom. The van der Waals surface area contributed by atoms with Crippen molar-refractivity contribution in [3.63, 3.8) is 0 Å². The number of hydrogen-bond acceptors (Lipinski definition) is 4. The molecule has 0 spiro atoms. The van der Waals surface area contributed by atoms with E-state index in [2.05, 4.69) is 10.6 Å². The van der Waals surface area contributed by atoms with E-state index < -0.39 is 6.04 Å². The SMILES string of the molecule is COc1ccc(CCNC(=O)C(NC(=O)C2CCC2)C(C)C)cc1OC.